The van der Waals surface area contributed by atoms with E-state index in [0.29, 0.717) is 12.0 Å². The van der Waals surface area contributed by atoms with Gasteiger partial charge in [0.25, 0.3) is 5.91 Å². The molecule has 1 amide bonds. The normalized spacial score (nSPS) is 22.5. The van der Waals surface area contributed by atoms with Crippen molar-refractivity contribution in [3.05, 3.63) is 29.3 Å². The van der Waals surface area contributed by atoms with E-state index in [1.54, 1.807) is 6.07 Å². The molecule has 20 heavy (non-hydrogen) atoms. The van der Waals surface area contributed by atoms with Gasteiger partial charge in [0.05, 0.1) is 11.5 Å². The van der Waals surface area contributed by atoms with Crippen LogP contribution in [0.2, 0.25) is 0 Å². The number of halogens is 1. The summed E-state index contributed by atoms with van der Waals surface area (Å²) in [6, 6.07) is 5.32. The van der Waals surface area contributed by atoms with Gasteiger partial charge in [0.2, 0.25) is 0 Å². The van der Waals surface area contributed by atoms with Crippen LogP contribution in [0.5, 0.6) is 0 Å². The molecule has 110 valence electrons. The summed E-state index contributed by atoms with van der Waals surface area (Å²) in [5.41, 5.74) is 2.83. The van der Waals surface area contributed by atoms with Crippen molar-refractivity contribution in [1.29, 1.82) is 0 Å². The molecule has 0 saturated carbocycles. The third-order valence-corrected chi connectivity index (χ3v) is 5.41. The van der Waals surface area contributed by atoms with Gasteiger partial charge >= 0.3 is 0 Å². The Morgan fingerprint density at radius 1 is 1.35 bits per heavy atom. The third-order valence-electron chi connectivity index (χ3n) is 3.64. The number of hydrogen-bond acceptors (Lipinski definition) is 4. The van der Waals surface area contributed by atoms with E-state index in [9.17, 15) is 13.2 Å². The minimum absolute atomic E-state index is 0. The van der Waals surface area contributed by atoms with Crippen LogP contribution in [0.25, 0.3) is 0 Å². The van der Waals surface area contributed by atoms with Crippen molar-refractivity contribution in [2.45, 2.75) is 18.9 Å². The molecule has 1 aromatic rings. The Morgan fingerprint density at radius 3 is 2.85 bits per heavy atom. The van der Waals surface area contributed by atoms with Gasteiger partial charge < -0.3 is 10.6 Å². The lowest BCUT2D eigenvalue weighted by molar-refractivity contribution is 0.0941. The second-order valence-electron chi connectivity index (χ2n) is 5.12. The first-order valence-corrected chi connectivity index (χ1v) is 8.24. The van der Waals surface area contributed by atoms with Crippen LogP contribution in [0.3, 0.4) is 0 Å². The summed E-state index contributed by atoms with van der Waals surface area (Å²) in [5.74, 6) is 0.0499. The molecule has 2 N–H and O–H groups in total. The number of anilines is 1. The van der Waals surface area contributed by atoms with Gasteiger partial charge in [-0.1, -0.05) is 0 Å². The van der Waals surface area contributed by atoms with Crippen LogP contribution in [0.1, 0.15) is 22.3 Å². The zero-order valence-corrected chi connectivity index (χ0v) is 12.5. The van der Waals surface area contributed by atoms with Gasteiger partial charge in [0.15, 0.2) is 9.84 Å². The van der Waals surface area contributed by atoms with Crippen molar-refractivity contribution in [3.8, 4) is 0 Å². The summed E-state index contributed by atoms with van der Waals surface area (Å²) >= 11 is 0. The average Bonchev–Trinajstić information content (AvgIpc) is 2.94. The molecule has 1 fully saturated rings. The van der Waals surface area contributed by atoms with Crippen molar-refractivity contribution in [3.63, 3.8) is 0 Å². The number of hydrogen-bond donors (Lipinski definition) is 2. The lowest BCUT2D eigenvalue weighted by atomic mass is 10.1. The highest BCUT2D eigenvalue weighted by atomic mass is 35.5. The Hall–Kier alpha value is -1.27. The monoisotopic (exact) mass is 316 g/mol. The number of nitrogens with one attached hydrogen (secondary N) is 2. The number of sulfone groups is 1. The van der Waals surface area contributed by atoms with Crippen molar-refractivity contribution in [2.24, 2.45) is 0 Å². The minimum Gasteiger partial charge on any atom is -0.384 e. The minimum atomic E-state index is -2.96. The van der Waals surface area contributed by atoms with E-state index >= 15 is 0 Å². The molecule has 2 heterocycles. The first kappa shape index (κ1) is 15.1. The van der Waals surface area contributed by atoms with Crippen molar-refractivity contribution in [2.75, 3.05) is 23.4 Å². The molecule has 3 rings (SSSR count). The Kier molecular flexibility index (Phi) is 4.25. The van der Waals surface area contributed by atoms with Gasteiger partial charge in [0.1, 0.15) is 0 Å². The fourth-order valence-corrected chi connectivity index (χ4v) is 4.30. The fourth-order valence-electron chi connectivity index (χ4n) is 2.62. The van der Waals surface area contributed by atoms with Gasteiger partial charge in [-0.15, -0.1) is 12.4 Å². The van der Waals surface area contributed by atoms with Gasteiger partial charge in [0, 0.05) is 23.8 Å². The maximum Gasteiger partial charge on any atom is 0.251 e. The molecule has 7 heteroatoms. The van der Waals surface area contributed by atoms with Crippen molar-refractivity contribution in [1.82, 2.24) is 5.32 Å². The Labute approximate surface area is 124 Å². The highest BCUT2D eigenvalue weighted by Gasteiger charge is 2.29. The van der Waals surface area contributed by atoms with Crippen LogP contribution < -0.4 is 10.6 Å². The molecule has 1 atom stereocenters. The van der Waals surface area contributed by atoms with Gasteiger partial charge in [-0.3, -0.25) is 4.79 Å². The van der Waals surface area contributed by atoms with E-state index in [0.717, 1.165) is 24.2 Å². The molecule has 0 bridgehead atoms. The van der Waals surface area contributed by atoms with Crippen LogP contribution in [0.4, 0.5) is 5.69 Å². The molecule has 1 aromatic carbocycles. The molecule has 2 aliphatic heterocycles. The standard InChI is InChI=1S/C13H16N2O3S.ClH/c16-13(15-11-4-6-19(17,18)8-11)10-1-2-12-9(7-10)3-5-14-12;/h1-2,7,11,14H,3-6,8H2,(H,15,16);1H. The van der Waals surface area contributed by atoms with Crippen LogP contribution in [-0.4, -0.2) is 38.4 Å². The number of carbonyl (C=O) groups is 1. The van der Waals surface area contributed by atoms with E-state index in [-0.39, 0.29) is 35.9 Å². The fraction of sp³-hybridized carbons (Fsp3) is 0.462. The number of benzene rings is 1. The van der Waals surface area contributed by atoms with E-state index in [2.05, 4.69) is 10.6 Å². The van der Waals surface area contributed by atoms with E-state index in [1.165, 1.54) is 0 Å². The number of amides is 1. The average molecular weight is 317 g/mol. The van der Waals surface area contributed by atoms with Gasteiger partial charge in [-0.2, -0.15) is 0 Å². The van der Waals surface area contributed by atoms with Crippen molar-refractivity contribution >= 4 is 33.8 Å². The SMILES string of the molecule is Cl.O=C(NC1CCS(=O)(=O)C1)c1ccc2c(c1)CCN2. The quantitative estimate of drug-likeness (QED) is 0.853. The Balaban J connectivity index is 0.00000147. The lowest BCUT2D eigenvalue weighted by Crippen LogP contribution is -2.35. The smallest absolute Gasteiger partial charge is 0.251 e. The first-order chi connectivity index (χ1) is 9.03. The summed E-state index contributed by atoms with van der Waals surface area (Å²) in [7, 11) is -2.96. The van der Waals surface area contributed by atoms with Crippen molar-refractivity contribution < 1.29 is 13.2 Å². The van der Waals surface area contributed by atoms with E-state index in [1.807, 2.05) is 12.1 Å². The Morgan fingerprint density at radius 2 is 2.15 bits per heavy atom. The van der Waals surface area contributed by atoms with E-state index < -0.39 is 9.84 Å². The molecule has 0 radical (unpaired) electrons. The number of fused-ring (bicyclic) bond motifs is 1. The van der Waals surface area contributed by atoms with E-state index in [4.69, 9.17) is 0 Å². The first-order valence-electron chi connectivity index (χ1n) is 6.42. The summed E-state index contributed by atoms with van der Waals surface area (Å²) < 4.78 is 22.7. The van der Waals surface area contributed by atoms with Gasteiger partial charge in [-0.25, -0.2) is 8.42 Å². The van der Waals surface area contributed by atoms with Crippen LogP contribution in [0.15, 0.2) is 18.2 Å². The molecule has 0 spiro atoms. The van der Waals surface area contributed by atoms with Crippen LogP contribution in [0, 0.1) is 0 Å². The zero-order chi connectivity index (χ0) is 13.5. The summed E-state index contributed by atoms with van der Waals surface area (Å²) in [4.78, 5) is 12.1. The molecular formula is C13H17ClN2O3S. The molecule has 1 unspecified atom stereocenters. The second kappa shape index (κ2) is 5.61. The maximum atomic E-state index is 12.1. The van der Waals surface area contributed by atoms with Crippen LogP contribution in [-0.2, 0) is 16.3 Å². The molecule has 2 aliphatic rings. The number of rotatable bonds is 2. The highest BCUT2D eigenvalue weighted by molar-refractivity contribution is 7.91. The van der Waals surface area contributed by atoms with Crippen LogP contribution >= 0.6 is 12.4 Å². The molecule has 1 saturated heterocycles. The maximum absolute atomic E-state index is 12.1. The predicted molar refractivity (Wildman–Crippen MR) is 80.4 cm³/mol. The summed E-state index contributed by atoms with van der Waals surface area (Å²) in [6.45, 7) is 0.904. The van der Waals surface area contributed by atoms with Gasteiger partial charge in [-0.05, 0) is 36.6 Å². The summed E-state index contributed by atoms with van der Waals surface area (Å²) in [6.07, 6.45) is 1.44. The Bertz CT molecular complexity index is 631. The molecule has 0 aromatic heterocycles. The highest BCUT2D eigenvalue weighted by Crippen LogP contribution is 2.23. The molecule has 0 aliphatic carbocycles. The predicted octanol–water partition coefficient (Wildman–Crippen LogP) is 0.993. The summed E-state index contributed by atoms with van der Waals surface area (Å²) in [5, 5.41) is 6.04. The second-order valence-corrected chi connectivity index (χ2v) is 7.35. The largest absolute Gasteiger partial charge is 0.384 e. The molecule has 5 nitrogen and oxygen atoms in total. The number of carbonyl (C=O) groups excluding carboxylic acids is 1. The molecular weight excluding hydrogens is 300 g/mol. The topological polar surface area (TPSA) is 75.3 Å². The lowest BCUT2D eigenvalue weighted by Gasteiger charge is -2.11. The third kappa shape index (κ3) is 3.07. The zero-order valence-electron chi connectivity index (χ0n) is 10.9.